The van der Waals surface area contributed by atoms with Gasteiger partial charge in [0.1, 0.15) is 0 Å². The fourth-order valence-electron chi connectivity index (χ4n) is 2.63. The molecule has 1 aromatic heterocycles. The van der Waals surface area contributed by atoms with Crippen molar-refractivity contribution < 1.29 is 5.11 Å². The van der Waals surface area contributed by atoms with Crippen molar-refractivity contribution in [1.29, 1.82) is 0 Å². The van der Waals surface area contributed by atoms with E-state index in [0.717, 1.165) is 44.0 Å². The fourth-order valence-corrected chi connectivity index (χ4v) is 2.63. The van der Waals surface area contributed by atoms with Crippen LogP contribution in [0.5, 0.6) is 0 Å². The van der Waals surface area contributed by atoms with Crippen molar-refractivity contribution in [3.05, 3.63) is 18.0 Å². The summed E-state index contributed by atoms with van der Waals surface area (Å²) in [7, 11) is 0. The molecule has 1 aromatic rings. The Morgan fingerprint density at radius 2 is 2.05 bits per heavy atom. The molecule has 21 heavy (non-hydrogen) atoms. The summed E-state index contributed by atoms with van der Waals surface area (Å²) < 4.78 is 0. The Kier molecular flexibility index (Phi) is 5.53. The molecular weight excluding hydrogens is 264 g/mol. The molecule has 1 fully saturated rings. The molecule has 1 aliphatic heterocycles. The van der Waals surface area contributed by atoms with Gasteiger partial charge in [-0.2, -0.15) is 0 Å². The smallest absolute Gasteiger partial charge is 0.225 e. The lowest BCUT2D eigenvalue weighted by Crippen LogP contribution is -2.37. The molecule has 2 heterocycles. The highest BCUT2D eigenvalue weighted by molar-refractivity contribution is 5.30. The second kappa shape index (κ2) is 7.18. The zero-order valence-corrected chi connectivity index (χ0v) is 13.5. The van der Waals surface area contributed by atoms with Crippen molar-refractivity contribution in [3.63, 3.8) is 0 Å². The van der Waals surface area contributed by atoms with Crippen molar-refractivity contribution >= 4 is 5.95 Å². The van der Waals surface area contributed by atoms with Crippen LogP contribution < -0.4 is 10.2 Å². The number of aliphatic hydroxyl groups is 1. The van der Waals surface area contributed by atoms with Gasteiger partial charge in [0.2, 0.25) is 5.95 Å². The normalized spacial score (nSPS) is 19.8. The lowest BCUT2D eigenvalue weighted by atomic mass is 9.95. The van der Waals surface area contributed by atoms with Gasteiger partial charge in [-0.15, -0.1) is 0 Å². The SMILES string of the molecule is CC(C)(C)NCc1cnc(N2CCCC(CCO)C2)nc1. The molecule has 2 rings (SSSR count). The van der Waals surface area contributed by atoms with E-state index < -0.39 is 0 Å². The summed E-state index contributed by atoms with van der Waals surface area (Å²) in [5.74, 6) is 1.38. The van der Waals surface area contributed by atoms with Gasteiger partial charge < -0.3 is 15.3 Å². The van der Waals surface area contributed by atoms with E-state index in [2.05, 4.69) is 41.0 Å². The van der Waals surface area contributed by atoms with Gasteiger partial charge in [0.15, 0.2) is 0 Å². The Morgan fingerprint density at radius 1 is 1.33 bits per heavy atom. The predicted molar refractivity (Wildman–Crippen MR) is 85.3 cm³/mol. The molecule has 1 aliphatic rings. The molecule has 1 saturated heterocycles. The van der Waals surface area contributed by atoms with Crippen molar-refractivity contribution in [2.24, 2.45) is 5.92 Å². The largest absolute Gasteiger partial charge is 0.396 e. The Hall–Kier alpha value is -1.20. The first-order chi connectivity index (χ1) is 9.98. The van der Waals surface area contributed by atoms with E-state index in [1.54, 1.807) is 0 Å². The van der Waals surface area contributed by atoms with Crippen LogP contribution in [0, 0.1) is 5.92 Å². The topological polar surface area (TPSA) is 61.3 Å². The zero-order valence-electron chi connectivity index (χ0n) is 13.5. The minimum atomic E-state index is 0.100. The minimum absolute atomic E-state index is 0.100. The standard InChI is InChI=1S/C16H28N4O/c1-16(2,3)19-11-14-9-17-15(18-10-14)20-7-4-5-13(12-20)6-8-21/h9-10,13,19,21H,4-8,11-12H2,1-3H3. The van der Waals surface area contributed by atoms with E-state index in [0.29, 0.717) is 5.92 Å². The van der Waals surface area contributed by atoms with Crippen molar-refractivity contribution in [3.8, 4) is 0 Å². The maximum absolute atomic E-state index is 9.08. The van der Waals surface area contributed by atoms with E-state index in [4.69, 9.17) is 5.11 Å². The Bertz CT molecular complexity index is 425. The van der Waals surface area contributed by atoms with E-state index in [1.807, 2.05) is 12.4 Å². The summed E-state index contributed by atoms with van der Waals surface area (Å²) in [4.78, 5) is 11.3. The van der Waals surface area contributed by atoms with Crippen LogP contribution in [0.1, 0.15) is 45.6 Å². The Morgan fingerprint density at radius 3 is 2.67 bits per heavy atom. The van der Waals surface area contributed by atoms with E-state index in [1.165, 1.54) is 6.42 Å². The number of hydrogen-bond acceptors (Lipinski definition) is 5. The average Bonchev–Trinajstić information content (AvgIpc) is 2.46. The highest BCUT2D eigenvalue weighted by atomic mass is 16.3. The van der Waals surface area contributed by atoms with Crippen molar-refractivity contribution in [2.45, 2.75) is 52.1 Å². The van der Waals surface area contributed by atoms with Crippen LogP contribution in [0.15, 0.2) is 12.4 Å². The maximum atomic E-state index is 9.08. The molecule has 0 aliphatic carbocycles. The number of piperidine rings is 1. The number of nitrogens with zero attached hydrogens (tertiary/aromatic N) is 3. The molecule has 5 nitrogen and oxygen atoms in total. The number of aliphatic hydroxyl groups excluding tert-OH is 1. The highest BCUT2D eigenvalue weighted by Gasteiger charge is 2.21. The van der Waals surface area contributed by atoms with Crippen LogP contribution in [-0.4, -0.2) is 40.3 Å². The summed E-state index contributed by atoms with van der Waals surface area (Å²) in [5, 5.41) is 12.5. The van der Waals surface area contributed by atoms with Gasteiger partial charge in [0.05, 0.1) is 0 Å². The summed E-state index contributed by atoms with van der Waals surface area (Å²) in [6.07, 6.45) is 7.06. The third-order valence-corrected chi connectivity index (χ3v) is 3.85. The van der Waals surface area contributed by atoms with Crippen LogP contribution in [0.4, 0.5) is 5.95 Å². The molecule has 0 aromatic carbocycles. The van der Waals surface area contributed by atoms with Gasteiger partial charge in [-0.25, -0.2) is 9.97 Å². The zero-order chi connectivity index (χ0) is 15.3. The molecule has 2 N–H and O–H groups in total. The van der Waals surface area contributed by atoms with E-state index in [9.17, 15) is 0 Å². The Balaban J connectivity index is 1.92. The molecule has 1 atom stereocenters. The van der Waals surface area contributed by atoms with Gasteiger partial charge >= 0.3 is 0 Å². The summed E-state index contributed by atoms with van der Waals surface area (Å²) in [6, 6.07) is 0. The second-order valence-corrected chi connectivity index (χ2v) is 6.96. The third kappa shape index (κ3) is 5.25. The highest BCUT2D eigenvalue weighted by Crippen LogP contribution is 2.22. The van der Waals surface area contributed by atoms with Crippen LogP contribution in [-0.2, 0) is 6.54 Å². The number of rotatable bonds is 5. The molecular formula is C16H28N4O. The molecule has 5 heteroatoms. The third-order valence-electron chi connectivity index (χ3n) is 3.85. The molecule has 0 radical (unpaired) electrons. The van der Waals surface area contributed by atoms with Crippen LogP contribution in [0.3, 0.4) is 0 Å². The summed E-state index contributed by atoms with van der Waals surface area (Å²) in [6.45, 7) is 9.49. The van der Waals surface area contributed by atoms with Crippen LogP contribution >= 0.6 is 0 Å². The molecule has 0 saturated carbocycles. The van der Waals surface area contributed by atoms with Crippen molar-refractivity contribution in [2.75, 3.05) is 24.6 Å². The number of aromatic nitrogens is 2. The van der Waals surface area contributed by atoms with Crippen molar-refractivity contribution in [1.82, 2.24) is 15.3 Å². The predicted octanol–water partition coefficient (Wildman–Crippen LogP) is 1.96. The van der Waals surface area contributed by atoms with E-state index >= 15 is 0 Å². The first-order valence-electron chi connectivity index (χ1n) is 7.90. The number of nitrogens with one attached hydrogen (secondary N) is 1. The number of anilines is 1. The molecule has 1 unspecified atom stereocenters. The molecule has 118 valence electrons. The summed E-state index contributed by atoms with van der Waals surface area (Å²) in [5.41, 5.74) is 1.21. The lowest BCUT2D eigenvalue weighted by molar-refractivity contribution is 0.244. The molecule has 0 amide bonds. The maximum Gasteiger partial charge on any atom is 0.225 e. The van der Waals surface area contributed by atoms with Gasteiger partial charge in [-0.1, -0.05) is 0 Å². The summed E-state index contributed by atoms with van der Waals surface area (Å²) >= 11 is 0. The average molecular weight is 292 g/mol. The van der Waals surface area contributed by atoms with Gasteiger partial charge in [0.25, 0.3) is 0 Å². The monoisotopic (exact) mass is 292 g/mol. The van der Waals surface area contributed by atoms with Gasteiger partial charge in [0, 0.05) is 49.7 Å². The van der Waals surface area contributed by atoms with Crippen LogP contribution in [0.25, 0.3) is 0 Å². The fraction of sp³-hybridized carbons (Fsp3) is 0.750. The lowest BCUT2D eigenvalue weighted by Gasteiger charge is -2.32. The Labute approximate surface area is 127 Å². The number of hydrogen-bond donors (Lipinski definition) is 2. The van der Waals surface area contributed by atoms with Gasteiger partial charge in [-0.05, 0) is 46.0 Å². The molecule has 0 spiro atoms. The molecule has 0 bridgehead atoms. The minimum Gasteiger partial charge on any atom is -0.396 e. The van der Waals surface area contributed by atoms with E-state index in [-0.39, 0.29) is 12.1 Å². The van der Waals surface area contributed by atoms with Crippen LogP contribution in [0.2, 0.25) is 0 Å². The first kappa shape index (κ1) is 16.2. The van der Waals surface area contributed by atoms with Gasteiger partial charge in [-0.3, -0.25) is 0 Å². The second-order valence-electron chi connectivity index (χ2n) is 6.96. The first-order valence-corrected chi connectivity index (χ1v) is 7.90. The quantitative estimate of drug-likeness (QED) is 0.869.